The molecule has 1 heterocycles. The van der Waals surface area contributed by atoms with Crippen LogP contribution in [0.3, 0.4) is 0 Å². The Bertz CT molecular complexity index is 806. The van der Waals surface area contributed by atoms with Gasteiger partial charge in [-0.1, -0.05) is 46.4 Å². The van der Waals surface area contributed by atoms with Crippen LogP contribution in [-0.2, 0) is 17.1 Å². The number of fused-ring (bicyclic) bond motifs is 1. The van der Waals surface area contributed by atoms with Gasteiger partial charge >= 0.3 is 17.1 Å². The van der Waals surface area contributed by atoms with Crippen molar-refractivity contribution in [3.8, 4) is 11.1 Å². The van der Waals surface area contributed by atoms with Crippen LogP contribution in [0.15, 0.2) is 77.6 Å². The molecule has 4 aromatic rings. The molecule has 21 heavy (non-hydrogen) atoms. The first-order valence-electron chi connectivity index (χ1n) is 6.25. The van der Waals surface area contributed by atoms with Crippen LogP contribution in [-0.4, -0.2) is 0 Å². The van der Waals surface area contributed by atoms with Crippen LogP contribution in [0.5, 0.6) is 0 Å². The van der Waals surface area contributed by atoms with Crippen molar-refractivity contribution in [2.75, 3.05) is 0 Å². The molecule has 0 saturated heterocycles. The Hall–Kier alpha value is -1.45. The van der Waals surface area contributed by atoms with Crippen molar-refractivity contribution in [1.29, 1.82) is 0 Å². The molecule has 4 heteroatoms. The molecule has 3 aromatic carbocycles. The molecular formula is C17H12FeOS2. The van der Waals surface area contributed by atoms with E-state index in [4.69, 9.17) is 0 Å². The third-order valence-electron chi connectivity index (χ3n) is 2.88. The molecule has 0 fully saturated rings. The van der Waals surface area contributed by atoms with E-state index >= 15 is 0 Å². The Morgan fingerprint density at radius 3 is 2.24 bits per heavy atom. The molecule has 106 valence electrons. The molecule has 0 aliphatic carbocycles. The van der Waals surface area contributed by atoms with E-state index < -0.39 is 0 Å². The van der Waals surface area contributed by atoms with Gasteiger partial charge < -0.3 is 0 Å². The van der Waals surface area contributed by atoms with E-state index in [0.717, 1.165) is 9.40 Å². The topological polar surface area (TPSA) is 17.1 Å². The molecule has 0 N–H and O–H groups in total. The molecule has 0 atom stereocenters. The number of rotatable bonds is 1. The predicted octanol–water partition coefficient (Wildman–Crippen LogP) is 5.11. The third kappa shape index (κ3) is 4.02. The monoisotopic (exact) mass is 352 g/mol. The summed E-state index contributed by atoms with van der Waals surface area (Å²) in [5.41, 5.74) is 2.39. The number of hydrogen-bond donors (Lipinski definition) is 0. The minimum Gasteiger partial charge on any atom is -0.265 e. The third-order valence-corrected chi connectivity index (χ3v) is 4.98. The van der Waals surface area contributed by atoms with Crippen LogP contribution < -0.4 is 4.06 Å². The van der Waals surface area contributed by atoms with Crippen molar-refractivity contribution in [2.45, 2.75) is 0 Å². The average Bonchev–Trinajstić information content (AvgIpc) is 3.20. The van der Waals surface area contributed by atoms with Crippen LogP contribution >= 0.6 is 22.7 Å². The first kappa shape index (κ1) is 15.9. The van der Waals surface area contributed by atoms with E-state index in [2.05, 4.69) is 24.3 Å². The van der Waals surface area contributed by atoms with Crippen LogP contribution in [0.2, 0.25) is 0 Å². The minimum absolute atomic E-state index is 0. The molecular weight excluding hydrogens is 340 g/mol. The Morgan fingerprint density at radius 2 is 1.62 bits per heavy atom. The summed E-state index contributed by atoms with van der Waals surface area (Å²) >= 11 is 2.65. The van der Waals surface area contributed by atoms with E-state index in [1.807, 2.05) is 48.5 Å². The van der Waals surface area contributed by atoms with Gasteiger partial charge in [-0.05, 0) is 0 Å². The maximum Gasteiger partial charge on any atom is 2.00 e. The molecule has 1 nitrogen and oxygen atoms in total. The fourth-order valence-electron chi connectivity index (χ4n) is 1.94. The second-order valence-corrected chi connectivity index (χ2v) is 6.54. The summed E-state index contributed by atoms with van der Waals surface area (Å²) in [5, 5.41) is 0. The molecule has 0 unspecified atom stereocenters. The van der Waals surface area contributed by atoms with E-state index in [1.165, 1.54) is 33.8 Å². The van der Waals surface area contributed by atoms with Gasteiger partial charge in [0.05, 0.1) is 0 Å². The Morgan fingerprint density at radius 1 is 0.857 bits per heavy atom. The maximum absolute atomic E-state index is 11.2. The summed E-state index contributed by atoms with van der Waals surface area (Å²) in [6.07, 6.45) is 0. The summed E-state index contributed by atoms with van der Waals surface area (Å²) in [6.45, 7) is 0. The summed E-state index contributed by atoms with van der Waals surface area (Å²) in [4.78, 5) is 11.2. The van der Waals surface area contributed by atoms with Crippen LogP contribution in [0.25, 0.3) is 20.5 Å². The van der Waals surface area contributed by atoms with Crippen molar-refractivity contribution in [3.63, 3.8) is 0 Å². The Balaban J connectivity index is 0.000000231. The first-order chi connectivity index (χ1) is 9.83. The molecule has 0 aliphatic heterocycles. The van der Waals surface area contributed by atoms with Gasteiger partial charge in [0.25, 0.3) is 4.06 Å². The Kier molecular flexibility index (Phi) is 5.71. The fraction of sp³-hybridized carbons (Fsp3) is 0. The molecule has 0 bridgehead atoms. The van der Waals surface area contributed by atoms with Crippen LogP contribution in [0.4, 0.5) is 0 Å². The second-order valence-electron chi connectivity index (χ2n) is 4.25. The van der Waals surface area contributed by atoms with Gasteiger partial charge in [0.1, 0.15) is 0 Å². The van der Waals surface area contributed by atoms with Crippen molar-refractivity contribution in [1.82, 2.24) is 0 Å². The zero-order chi connectivity index (χ0) is 13.8. The molecule has 0 spiro atoms. The summed E-state index contributed by atoms with van der Waals surface area (Å²) in [6, 6.07) is 24.4. The quantitative estimate of drug-likeness (QED) is 0.344. The second kappa shape index (κ2) is 7.53. The van der Waals surface area contributed by atoms with E-state index in [1.54, 1.807) is 0 Å². The van der Waals surface area contributed by atoms with Gasteiger partial charge in [-0.25, -0.2) is 12.1 Å². The van der Waals surface area contributed by atoms with Gasteiger partial charge in [0.15, 0.2) is 0 Å². The van der Waals surface area contributed by atoms with Gasteiger partial charge in [-0.3, -0.25) is 4.79 Å². The zero-order valence-electron chi connectivity index (χ0n) is 11.0. The van der Waals surface area contributed by atoms with E-state index in [9.17, 15) is 4.79 Å². The van der Waals surface area contributed by atoms with Crippen LogP contribution in [0.1, 0.15) is 0 Å². The predicted molar refractivity (Wildman–Crippen MR) is 89.0 cm³/mol. The van der Waals surface area contributed by atoms with Crippen molar-refractivity contribution in [3.05, 3.63) is 81.6 Å². The maximum atomic E-state index is 11.2. The van der Waals surface area contributed by atoms with Crippen LogP contribution in [0, 0.1) is 0 Å². The molecule has 4 rings (SSSR count). The van der Waals surface area contributed by atoms with E-state index in [-0.39, 0.29) is 21.1 Å². The summed E-state index contributed by atoms with van der Waals surface area (Å²) in [5.74, 6) is 0. The molecule has 0 radical (unpaired) electrons. The van der Waals surface area contributed by atoms with E-state index in [0.29, 0.717) is 0 Å². The van der Waals surface area contributed by atoms with Crippen molar-refractivity contribution in [2.24, 2.45) is 0 Å². The average molecular weight is 352 g/mol. The van der Waals surface area contributed by atoms with Gasteiger partial charge in [-0.2, -0.15) is 42.0 Å². The smallest absolute Gasteiger partial charge is 0.265 e. The largest absolute Gasteiger partial charge is 2.00 e. The minimum atomic E-state index is 0. The van der Waals surface area contributed by atoms with Gasteiger partial charge in [0, 0.05) is 9.40 Å². The normalized spacial score (nSPS) is 9.71. The summed E-state index contributed by atoms with van der Waals surface area (Å²) in [7, 11) is 0. The fourth-order valence-corrected chi connectivity index (χ4v) is 3.90. The van der Waals surface area contributed by atoms with Crippen molar-refractivity contribution >= 4 is 32.1 Å². The number of hydrogen-bond acceptors (Lipinski definition) is 3. The molecule has 0 amide bonds. The molecule has 0 aliphatic rings. The van der Waals surface area contributed by atoms with Gasteiger partial charge in [-0.15, -0.1) is 6.07 Å². The Labute approximate surface area is 141 Å². The zero-order valence-corrected chi connectivity index (χ0v) is 13.7. The standard InChI is InChI=1S/C12H7OS2.C5H5.Fe/c13-12-14-10-6-5-9(7-11(10)15-12)8-3-1-2-4-8;1-2-4-5-3-1;/h1-7H;1-5H;/q2*-1;+2. The van der Waals surface area contributed by atoms with Crippen molar-refractivity contribution < 1.29 is 17.1 Å². The van der Waals surface area contributed by atoms with Gasteiger partial charge in [0.2, 0.25) is 0 Å². The SMILES string of the molecule is O=c1sc2ccc(-c3ccc[cH-]3)cc2s1.[Fe+2].c1cc[cH-]c1. The number of benzene rings is 1. The first-order valence-corrected chi connectivity index (χ1v) is 7.89. The molecule has 0 saturated carbocycles. The summed E-state index contributed by atoms with van der Waals surface area (Å²) < 4.78 is 2.34. The molecule has 1 aromatic heterocycles.